The zero-order chi connectivity index (χ0) is 19.6. The fourth-order valence-corrected chi connectivity index (χ4v) is 1.97. The molecule has 1 amide bonds. The van der Waals surface area contributed by atoms with Crippen molar-refractivity contribution in [3.63, 3.8) is 0 Å². The van der Waals surface area contributed by atoms with Crippen LogP contribution in [0.25, 0.3) is 0 Å². The fraction of sp³-hybridized carbons (Fsp3) is 0.278. The third-order valence-corrected chi connectivity index (χ3v) is 3.55. The van der Waals surface area contributed by atoms with Crippen molar-refractivity contribution in [2.75, 3.05) is 13.2 Å². The molecule has 0 bridgehead atoms. The number of amides is 1. The van der Waals surface area contributed by atoms with Gasteiger partial charge in [-0.1, -0.05) is 37.9 Å². The van der Waals surface area contributed by atoms with Gasteiger partial charge >= 0.3 is 6.18 Å². The molecular formula is C18H21F3N2O2S. The second-order valence-corrected chi connectivity index (χ2v) is 5.48. The van der Waals surface area contributed by atoms with Crippen molar-refractivity contribution >= 4 is 18.7 Å². The van der Waals surface area contributed by atoms with Gasteiger partial charge in [0.2, 0.25) is 5.91 Å². The lowest BCUT2D eigenvalue weighted by Gasteiger charge is -2.07. The molecule has 0 saturated heterocycles. The topological polar surface area (TPSA) is 64.3 Å². The molecule has 0 radical (unpaired) electrons. The second kappa shape index (κ2) is 10.7. The predicted molar refractivity (Wildman–Crippen MR) is 98.3 cm³/mol. The summed E-state index contributed by atoms with van der Waals surface area (Å²) in [6, 6.07) is 12.3. The number of halogens is 3. The van der Waals surface area contributed by atoms with E-state index in [1.165, 1.54) is 6.07 Å². The van der Waals surface area contributed by atoms with Crippen LogP contribution in [0.15, 0.2) is 48.5 Å². The number of carbonyl (C=O) groups is 1. The molecular weight excluding hydrogens is 365 g/mol. The maximum atomic E-state index is 12.2. The molecule has 4 nitrogen and oxygen atoms in total. The van der Waals surface area contributed by atoms with Crippen molar-refractivity contribution in [1.82, 2.24) is 4.72 Å². The van der Waals surface area contributed by atoms with Gasteiger partial charge in [-0.25, -0.2) is 0 Å². The van der Waals surface area contributed by atoms with Gasteiger partial charge in [0.25, 0.3) is 0 Å². The summed E-state index contributed by atoms with van der Waals surface area (Å²) in [5.74, 6) is 0.198. The van der Waals surface area contributed by atoms with Crippen LogP contribution >= 0.6 is 12.8 Å². The summed E-state index contributed by atoms with van der Waals surface area (Å²) in [7, 11) is 0. The Labute approximate surface area is 156 Å². The highest BCUT2D eigenvalue weighted by atomic mass is 32.1. The minimum atomic E-state index is -4.25. The second-order valence-electron chi connectivity index (χ2n) is 5.16. The highest BCUT2D eigenvalue weighted by Crippen LogP contribution is 2.34. The monoisotopic (exact) mass is 386 g/mol. The van der Waals surface area contributed by atoms with Crippen LogP contribution in [0.4, 0.5) is 13.2 Å². The number of primary amides is 1. The number of carbonyl (C=O) groups excluding carboxylic acids is 1. The molecule has 1 heterocycles. The van der Waals surface area contributed by atoms with Crippen LogP contribution in [-0.2, 0) is 12.6 Å². The van der Waals surface area contributed by atoms with Crippen LogP contribution in [0, 0.1) is 0 Å². The quantitative estimate of drug-likeness (QED) is 0.687. The van der Waals surface area contributed by atoms with Gasteiger partial charge in [-0.05, 0) is 35.9 Å². The first kappa shape index (κ1) is 21.9. The smallest absolute Gasteiger partial charge is 0.416 e. The number of thiol groups is 1. The molecule has 0 atom stereocenters. The summed E-state index contributed by atoms with van der Waals surface area (Å²) < 4.78 is 44.4. The predicted octanol–water partition coefficient (Wildman–Crippen LogP) is 3.87. The van der Waals surface area contributed by atoms with E-state index in [0.29, 0.717) is 29.9 Å². The van der Waals surface area contributed by atoms with Crippen LogP contribution in [-0.4, -0.2) is 19.1 Å². The van der Waals surface area contributed by atoms with Gasteiger partial charge in [-0.15, -0.1) is 0 Å². The summed E-state index contributed by atoms with van der Waals surface area (Å²) in [5, 5.41) is 0. The molecule has 3 rings (SSSR count). The summed E-state index contributed by atoms with van der Waals surface area (Å²) in [6.45, 7) is 3.41. The number of benzene rings is 2. The summed E-state index contributed by atoms with van der Waals surface area (Å²) >= 11 is 3.67. The van der Waals surface area contributed by atoms with E-state index in [-0.39, 0.29) is 5.91 Å². The van der Waals surface area contributed by atoms with E-state index in [1.54, 1.807) is 24.3 Å². The van der Waals surface area contributed by atoms with Crippen LogP contribution in [0.1, 0.15) is 28.4 Å². The molecule has 8 heteroatoms. The Morgan fingerprint density at radius 3 is 2.31 bits per heavy atom. The number of hydrogen-bond donors (Lipinski definition) is 3. The van der Waals surface area contributed by atoms with E-state index in [0.717, 1.165) is 18.7 Å². The summed E-state index contributed by atoms with van der Waals surface area (Å²) in [6.07, 6.45) is -3.68. The largest absolute Gasteiger partial charge is 0.493 e. The molecule has 26 heavy (non-hydrogen) atoms. The molecule has 3 N–H and O–H groups in total. The van der Waals surface area contributed by atoms with Crippen molar-refractivity contribution in [1.29, 1.82) is 0 Å². The van der Waals surface area contributed by atoms with Crippen molar-refractivity contribution < 1.29 is 22.7 Å². The first-order valence-corrected chi connectivity index (χ1v) is 8.29. The van der Waals surface area contributed by atoms with Gasteiger partial charge in [-0.3, -0.25) is 9.52 Å². The molecule has 2 aromatic rings. The van der Waals surface area contributed by atoms with Crippen LogP contribution in [0.5, 0.6) is 5.75 Å². The molecule has 142 valence electrons. The summed E-state index contributed by atoms with van der Waals surface area (Å²) in [5.41, 5.74) is 5.58. The van der Waals surface area contributed by atoms with E-state index in [9.17, 15) is 18.0 Å². The van der Waals surface area contributed by atoms with Gasteiger partial charge in [0.15, 0.2) is 0 Å². The molecule has 0 unspecified atom stereocenters. The zero-order valence-corrected chi connectivity index (χ0v) is 15.1. The lowest BCUT2D eigenvalue weighted by Crippen LogP contribution is -2.09. The number of ether oxygens (including phenoxy) is 1. The Hall–Kier alpha value is -2.19. The van der Waals surface area contributed by atoms with Crippen molar-refractivity contribution in [2.24, 2.45) is 5.73 Å². The normalized spacial score (nSPS) is 11.9. The maximum Gasteiger partial charge on any atom is 0.416 e. The third-order valence-electron chi connectivity index (χ3n) is 3.23. The van der Waals surface area contributed by atoms with E-state index in [4.69, 9.17) is 10.5 Å². The third kappa shape index (κ3) is 7.37. The molecule has 0 spiro atoms. The first-order valence-electron chi connectivity index (χ1n) is 7.84. The average Bonchev–Trinajstić information content (AvgIpc) is 3.10. The molecule has 0 aromatic heterocycles. The number of nitrogens with one attached hydrogen (secondary N) is 1. The van der Waals surface area contributed by atoms with Gasteiger partial charge in [0.1, 0.15) is 5.75 Å². The number of hydrogen-bond acceptors (Lipinski definition) is 4. The van der Waals surface area contributed by atoms with Gasteiger partial charge in [-0.2, -0.15) is 13.2 Å². The van der Waals surface area contributed by atoms with Crippen LogP contribution < -0.4 is 15.2 Å². The average molecular weight is 386 g/mol. The molecule has 0 aliphatic carbocycles. The van der Waals surface area contributed by atoms with Gasteiger partial charge in [0, 0.05) is 18.5 Å². The molecule has 0 saturated carbocycles. The minimum Gasteiger partial charge on any atom is -0.493 e. The van der Waals surface area contributed by atoms with E-state index < -0.39 is 11.7 Å². The van der Waals surface area contributed by atoms with Crippen molar-refractivity contribution in [3.8, 4) is 5.75 Å². The number of fused-ring (bicyclic) bond motifs is 1. The fourth-order valence-electron chi connectivity index (χ4n) is 1.97. The lowest BCUT2D eigenvalue weighted by molar-refractivity contribution is -0.137. The first-order chi connectivity index (χ1) is 12.3. The zero-order valence-electron chi connectivity index (χ0n) is 14.2. The Kier molecular flexibility index (Phi) is 9.01. The number of nitrogens with two attached hydrogens (primary N) is 1. The van der Waals surface area contributed by atoms with E-state index in [1.807, 2.05) is 13.0 Å². The maximum absolute atomic E-state index is 12.2. The van der Waals surface area contributed by atoms with Gasteiger partial charge in [0.05, 0.1) is 12.2 Å². The van der Waals surface area contributed by atoms with E-state index in [2.05, 4.69) is 17.5 Å². The van der Waals surface area contributed by atoms with Gasteiger partial charge < -0.3 is 10.5 Å². The number of alkyl halides is 3. The van der Waals surface area contributed by atoms with Crippen LogP contribution in [0.2, 0.25) is 0 Å². The molecule has 1 aliphatic heterocycles. The number of rotatable bonds is 2. The van der Waals surface area contributed by atoms with Crippen molar-refractivity contribution in [3.05, 3.63) is 65.2 Å². The highest BCUT2D eigenvalue weighted by Gasteiger charge is 2.31. The Morgan fingerprint density at radius 1 is 1.23 bits per heavy atom. The van der Waals surface area contributed by atoms with E-state index >= 15 is 0 Å². The van der Waals surface area contributed by atoms with Crippen LogP contribution in [0.3, 0.4) is 0 Å². The lowest BCUT2D eigenvalue weighted by atomic mass is 10.1. The molecule has 1 aliphatic rings. The Bertz CT molecular complexity index is 693. The Morgan fingerprint density at radius 2 is 1.85 bits per heavy atom. The summed E-state index contributed by atoms with van der Waals surface area (Å²) in [4.78, 5) is 10.4. The Balaban J connectivity index is 0.000000227. The minimum absolute atomic E-state index is 0.379. The molecule has 2 aromatic carbocycles. The SMILES string of the molecule is CCNS.FC(F)(F)c1ccc2c(c1)CCO2.NC(=O)c1ccccc1. The highest BCUT2D eigenvalue weighted by molar-refractivity contribution is 7.78. The molecule has 0 fully saturated rings. The standard InChI is InChI=1S/C9H7F3O.C7H7NO.C2H7NS/c10-9(11,12)7-1-2-8-6(5-7)3-4-13-8;8-7(9)6-4-2-1-3-5-6;1-2-3-4/h1-2,5H,3-4H2;1-5H,(H2,8,9);3-4H,2H2,1H3. The van der Waals surface area contributed by atoms with Crippen molar-refractivity contribution in [2.45, 2.75) is 19.5 Å².